The molecule has 1 N–H and O–H groups in total. The number of hydrogen-bond donors (Lipinski definition) is 1. The molecule has 1 unspecified atom stereocenters. The lowest BCUT2D eigenvalue weighted by Crippen LogP contribution is -2.09. The zero-order valence-corrected chi connectivity index (χ0v) is 8.68. The Morgan fingerprint density at radius 2 is 2.08 bits per heavy atom. The van der Waals surface area contributed by atoms with Gasteiger partial charge in [0.15, 0.2) is 5.76 Å². The molecule has 1 aliphatic carbocycles. The minimum absolute atomic E-state index is 0.0440. The molecule has 0 bridgehead atoms. The first-order chi connectivity index (χ1) is 5.46. The number of ketones is 1. The topological polar surface area (TPSA) is 37.3 Å². The van der Waals surface area contributed by atoms with Gasteiger partial charge in [0.2, 0.25) is 5.78 Å². The summed E-state index contributed by atoms with van der Waals surface area (Å²) < 4.78 is 0.576. The van der Waals surface area contributed by atoms with Gasteiger partial charge in [-0.15, -0.1) is 0 Å². The number of halogens is 1. The molecule has 0 spiro atoms. The first-order valence-corrected chi connectivity index (χ1v) is 4.58. The smallest absolute Gasteiger partial charge is 0.224 e. The van der Waals surface area contributed by atoms with Crippen molar-refractivity contribution in [2.75, 3.05) is 0 Å². The number of rotatable bonds is 1. The van der Waals surface area contributed by atoms with E-state index < -0.39 is 0 Å². The van der Waals surface area contributed by atoms with Gasteiger partial charge in [-0.25, -0.2) is 0 Å². The predicted octanol–water partition coefficient (Wildman–Crippen LogP) is 2.56. The van der Waals surface area contributed by atoms with Crippen LogP contribution in [0.3, 0.4) is 0 Å². The molecule has 1 atom stereocenters. The van der Waals surface area contributed by atoms with Crippen LogP contribution in [0.4, 0.5) is 0 Å². The molecule has 0 aromatic heterocycles. The summed E-state index contributed by atoms with van der Waals surface area (Å²) in [6.07, 6.45) is 0. The molecule has 0 heterocycles. The van der Waals surface area contributed by atoms with Crippen LogP contribution in [0, 0.1) is 11.8 Å². The van der Waals surface area contributed by atoms with Crippen molar-refractivity contribution in [1.82, 2.24) is 0 Å². The fraction of sp³-hybridized carbons (Fsp3) is 0.444. The van der Waals surface area contributed by atoms with E-state index in [1.165, 1.54) is 0 Å². The molecule has 0 saturated heterocycles. The maximum Gasteiger partial charge on any atom is 0.224 e. The SMILES string of the molecule is C=C1C(=O)C(O)=C(Br)C1C(C)C. The van der Waals surface area contributed by atoms with Crippen LogP contribution < -0.4 is 0 Å². The van der Waals surface area contributed by atoms with Gasteiger partial charge in [0.25, 0.3) is 0 Å². The molecular formula is C9H11BrO2. The fourth-order valence-corrected chi connectivity index (χ4v) is 2.38. The van der Waals surface area contributed by atoms with Crippen molar-refractivity contribution in [2.45, 2.75) is 13.8 Å². The Kier molecular flexibility index (Phi) is 2.42. The summed E-state index contributed by atoms with van der Waals surface area (Å²) in [5, 5.41) is 9.28. The summed E-state index contributed by atoms with van der Waals surface area (Å²) in [5.41, 5.74) is 0.481. The Labute approximate surface area is 80.1 Å². The van der Waals surface area contributed by atoms with E-state index in [1.54, 1.807) is 0 Å². The lowest BCUT2D eigenvalue weighted by molar-refractivity contribution is -0.114. The third kappa shape index (κ3) is 1.22. The maximum absolute atomic E-state index is 11.2. The minimum Gasteiger partial charge on any atom is -0.504 e. The van der Waals surface area contributed by atoms with Gasteiger partial charge >= 0.3 is 0 Å². The normalized spacial score (nSPS) is 24.5. The lowest BCUT2D eigenvalue weighted by Gasteiger charge is -2.14. The summed E-state index contributed by atoms with van der Waals surface area (Å²) in [7, 11) is 0. The summed E-state index contributed by atoms with van der Waals surface area (Å²) in [5.74, 6) is -0.280. The second-order valence-corrected chi connectivity index (χ2v) is 4.13. The van der Waals surface area contributed by atoms with Crippen molar-refractivity contribution in [3.05, 3.63) is 22.4 Å². The van der Waals surface area contributed by atoms with Crippen molar-refractivity contribution >= 4 is 21.7 Å². The van der Waals surface area contributed by atoms with Crippen LogP contribution in [0.2, 0.25) is 0 Å². The zero-order chi connectivity index (χ0) is 9.46. The van der Waals surface area contributed by atoms with Crippen molar-refractivity contribution in [1.29, 1.82) is 0 Å². The summed E-state index contributed by atoms with van der Waals surface area (Å²) >= 11 is 3.20. The number of aliphatic hydroxyl groups excluding tert-OH is 1. The number of carbonyl (C=O) groups excluding carboxylic acids is 1. The molecule has 0 saturated carbocycles. The Morgan fingerprint density at radius 3 is 2.25 bits per heavy atom. The number of Topliss-reactive ketones (excluding diaryl/α,β-unsaturated/α-hetero) is 1. The van der Waals surface area contributed by atoms with E-state index in [0.717, 1.165) is 0 Å². The first kappa shape index (κ1) is 9.52. The van der Waals surface area contributed by atoms with Gasteiger partial charge in [-0.1, -0.05) is 36.4 Å². The van der Waals surface area contributed by atoms with Gasteiger partial charge in [0.05, 0.1) is 0 Å². The molecule has 0 radical (unpaired) electrons. The number of aliphatic hydroxyl groups is 1. The summed E-state index contributed by atoms with van der Waals surface area (Å²) in [6, 6.07) is 0. The van der Waals surface area contributed by atoms with Gasteiger partial charge in [-0.2, -0.15) is 0 Å². The molecule has 1 aliphatic rings. The maximum atomic E-state index is 11.2. The Morgan fingerprint density at radius 1 is 1.58 bits per heavy atom. The van der Waals surface area contributed by atoms with Crippen molar-refractivity contribution in [2.24, 2.45) is 11.8 Å². The van der Waals surface area contributed by atoms with Crippen LogP contribution in [0.1, 0.15) is 13.8 Å². The summed E-state index contributed by atoms with van der Waals surface area (Å²) in [6.45, 7) is 7.64. The molecule has 2 nitrogen and oxygen atoms in total. The third-order valence-corrected chi connectivity index (χ3v) is 2.92. The van der Waals surface area contributed by atoms with Crippen molar-refractivity contribution < 1.29 is 9.90 Å². The molecule has 3 heteroatoms. The van der Waals surface area contributed by atoms with Gasteiger partial charge in [-0.3, -0.25) is 4.79 Å². The van der Waals surface area contributed by atoms with Gasteiger partial charge in [0, 0.05) is 16.0 Å². The average Bonchev–Trinajstić information content (AvgIpc) is 2.16. The number of hydrogen-bond acceptors (Lipinski definition) is 2. The third-order valence-electron chi connectivity index (χ3n) is 2.05. The highest BCUT2D eigenvalue weighted by Crippen LogP contribution is 2.40. The molecule has 12 heavy (non-hydrogen) atoms. The van der Waals surface area contributed by atoms with Crippen LogP contribution in [0.5, 0.6) is 0 Å². The van der Waals surface area contributed by atoms with Crippen LogP contribution >= 0.6 is 15.9 Å². The Hall–Kier alpha value is -0.570. The van der Waals surface area contributed by atoms with Gasteiger partial charge < -0.3 is 5.11 Å². The van der Waals surface area contributed by atoms with Crippen LogP contribution in [-0.4, -0.2) is 10.9 Å². The molecule has 0 aromatic carbocycles. The molecule has 1 rings (SSSR count). The minimum atomic E-state index is -0.333. The zero-order valence-electron chi connectivity index (χ0n) is 7.10. The second-order valence-electron chi connectivity index (χ2n) is 3.27. The fourth-order valence-electron chi connectivity index (χ4n) is 1.40. The molecular weight excluding hydrogens is 220 g/mol. The Bertz CT molecular complexity index is 276. The largest absolute Gasteiger partial charge is 0.504 e. The second kappa shape index (κ2) is 3.05. The Balaban J connectivity index is 3.08. The van der Waals surface area contributed by atoms with E-state index in [2.05, 4.69) is 22.5 Å². The standard InChI is InChI=1S/C9H11BrO2/c1-4(2)6-5(3)8(11)9(12)7(6)10/h4,6,12H,3H2,1-2H3. The highest BCUT2D eigenvalue weighted by atomic mass is 79.9. The molecule has 0 amide bonds. The van der Waals surface area contributed by atoms with Crippen LogP contribution in [0.15, 0.2) is 22.4 Å². The van der Waals surface area contributed by atoms with E-state index in [-0.39, 0.29) is 23.4 Å². The highest BCUT2D eigenvalue weighted by Gasteiger charge is 2.36. The van der Waals surface area contributed by atoms with E-state index in [0.29, 0.717) is 10.1 Å². The number of carbonyl (C=O) groups is 1. The average molecular weight is 231 g/mol. The number of allylic oxidation sites excluding steroid dienone is 2. The summed E-state index contributed by atoms with van der Waals surface area (Å²) in [4.78, 5) is 11.2. The molecule has 0 aliphatic heterocycles. The van der Waals surface area contributed by atoms with E-state index in [1.807, 2.05) is 13.8 Å². The van der Waals surface area contributed by atoms with Crippen LogP contribution in [-0.2, 0) is 4.79 Å². The monoisotopic (exact) mass is 230 g/mol. The quantitative estimate of drug-likeness (QED) is 0.704. The molecule has 0 aromatic rings. The van der Waals surface area contributed by atoms with Crippen molar-refractivity contribution in [3.63, 3.8) is 0 Å². The van der Waals surface area contributed by atoms with Crippen molar-refractivity contribution in [3.8, 4) is 0 Å². The van der Waals surface area contributed by atoms with Crippen LogP contribution in [0.25, 0.3) is 0 Å². The van der Waals surface area contributed by atoms with Gasteiger partial charge in [-0.05, 0) is 5.92 Å². The van der Waals surface area contributed by atoms with Gasteiger partial charge in [0.1, 0.15) is 0 Å². The van der Waals surface area contributed by atoms with E-state index >= 15 is 0 Å². The predicted molar refractivity (Wildman–Crippen MR) is 51.1 cm³/mol. The van der Waals surface area contributed by atoms with E-state index in [4.69, 9.17) is 0 Å². The molecule has 0 fully saturated rings. The van der Waals surface area contributed by atoms with E-state index in [9.17, 15) is 9.90 Å². The molecule has 66 valence electrons. The first-order valence-electron chi connectivity index (χ1n) is 3.79. The lowest BCUT2D eigenvalue weighted by atomic mass is 9.92. The highest BCUT2D eigenvalue weighted by molar-refractivity contribution is 9.11.